The third-order valence-electron chi connectivity index (χ3n) is 1.95. The summed E-state index contributed by atoms with van der Waals surface area (Å²) in [7, 11) is 0. The monoisotopic (exact) mass is 206 g/mol. The average Bonchev–Trinajstić information content (AvgIpc) is 2.85. The fraction of sp³-hybridized carbons (Fsp3) is 0.300. The molecule has 0 bridgehead atoms. The van der Waals surface area contributed by atoms with Crippen molar-refractivity contribution in [1.29, 1.82) is 0 Å². The van der Waals surface area contributed by atoms with E-state index in [1.807, 2.05) is 0 Å². The summed E-state index contributed by atoms with van der Waals surface area (Å²) >= 11 is 0. The Kier molecular flexibility index (Phi) is 2.62. The minimum atomic E-state index is 0.0737. The first kappa shape index (κ1) is 9.64. The van der Waals surface area contributed by atoms with E-state index in [1.165, 1.54) is 6.26 Å². The maximum atomic E-state index is 11.1. The van der Waals surface area contributed by atoms with Gasteiger partial charge in [0, 0.05) is 6.42 Å². The van der Waals surface area contributed by atoms with Crippen molar-refractivity contribution in [2.24, 2.45) is 0 Å². The van der Waals surface area contributed by atoms with Crippen molar-refractivity contribution in [3.63, 3.8) is 0 Å². The predicted molar refractivity (Wildman–Crippen MR) is 51.0 cm³/mol. The molecule has 0 saturated carbocycles. The largest absolute Gasteiger partial charge is 0.461 e. The van der Waals surface area contributed by atoms with Crippen LogP contribution < -0.4 is 0 Å². The standard InChI is InChI=1S/C10H10N2O3/c1-2-7(13)6-9-11-10(12-15-9)8-4-3-5-14-8/h3-5H,2,6H2,1H3. The lowest BCUT2D eigenvalue weighted by molar-refractivity contribution is -0.118. The van der Waals surface area contributed by atoms with Crippen LogP contribution in [0.4, 0.5) is 0 Å². The van der Waals surface area contributed by atoms with Crippen molar-refractivity contribution in [1.82, 2.24) is 10.1 Å². The van der Waals surface area contributed by atoms with E-state index in [1.54, 1.807) is 19.1 Å². The van der Waals surface area contributed by atoms with Crippen LogP contribution in [0.1, 0.15) is 19.2 Å². The summed E-state index contributed by atoms with van der Waals surface area (Å²) in [6.45, 7) is 1.80. The Morgan fingerprint density at radius 2 is 2.40 bits per heavy atom. The second kappa shape index (κ2) is 4.08. The van der Waals surface area contributed by atoms with Crippen molar-refractivity contribution in [2.45, 2.75) is 19.8 Å². The zero-order chi connectivity index (χ0) is 10.7. The van der Waals surface area contributed by atoms with Crippen LogP contribution in [0.3, 0.4) is 0 Å². The Morgan fingerprint density at radius 3 is 3.07 bits per heavy atom. The quantitative estimate of drug-likeness (QED) is 0.763. The van der Waals surface area contributed by atoms with Gasteiger partial charge in [-0.05, 0) is 12.1 Å². The van der Waals surface area contributed by atoms with Crippen molar-refractivity contribution in [3.05, 3.63) is 24.3 Å². The first-order chi connectivity index (χ1) is 7.29. The first-order valence-electron chi connectivity index (χ1n) is 4.67. The van der Waals surface area contributed by atoms with Gasteiger partial charge in [-0.15, -0.1) is 0 Å². The highest BCUT2D eigenvalue weighted by Gasteiger charge is 2.12. The van der Waals surface area contributed by atoms with E-state index in [2.05, 4.69) is 10.1 Å². The summed E-state index contributed by atoms with van der Waals surface area (Å²) in [5, 5.41) is 3.71. The van der Waals surface area contributed by atoms with Crippen LogP contribution in [0.15, 0.2) is 27.3 Å². The number of Topliss-reactive ketones (excluding diaryl/α,β-unsaturated/α-hetero) is 1. The molecule has 0 aliphatic rings. The maximum Gasteiger partial charge on any atom is 0.238 e. The van der Waals surface area contributed by atoms with Crippen LogP contribution in [0.25, 0.3) is 11.6 Å². The molecule has 2 heterocycles. The predicted octanol–water partition coefficient (Wildman–Crippen LogP) is 1.85. The fourth-order valence-corrected chi connectivity index (χ4v) is 1.13. The van der Waals surface area contributed by atoms with Gasteiger partial charge in [0.1, 0.15) is 5.78 Å². The number of aromatic nitrogens is 2. The second-order valence-electron chi connectivity index (χ2n) is 3.06. The van der Waals surface area contributed by atoms with E-state index in [-0.39, 0.29) is 12.2 Å². The fourth-order valence-electron chi connectivity index (χ4n) is 1.13. The molecule has 5 nitrogen and oxygen atoms in total. The van der Waals surface area contributed by atoms with E-state index in [4.69, 9.17) is 8.94 Å². The van der Waals surface area contributed by atoms with Gasteiger partial charge < -0.3 is 8.94 Å². The molecule has 0 spiro atoms. The Labute approximate surface area is 86.1 Å². The van der Waals surface area contributed by atoms with Crippen LogP contribution in [0.2, 0.25) is 0 Å². The van der Waals surface area contributed by atoms with Gasteiger partial charge in [0.05, 0.1) is 12.7 Å². The number of furan rings is 1. The topological polar surface area (TPSA) is 69.1 Å². The summed E-state index contributed by atoms with van der Waals surface area (Å²) in [5.74, 6) is 1.31. The Morgan fingerprint density at radius 1 is 1.53 bits per heavy atom. The molecule has 0 amide bonds. The molecular weight excluding hydrogens is 196 g/mol. The number of hydrogen-bond acceptors (Lipinski definition) is 5. The molecule has 2 rings (SSSR count). The van der Waals surface area contributed by atoms with Gasteiger partial charge in [0.2, 0.25) is 11.7 Å². The summed E-state index contributed by atoms with van der Waals surface area (Å²) in [4.78, 5) is 15.2. The zero-order valence-electron chi connectivity index (χ0n) is 8.27. The molecule has 0 unspecified atom stereocenters. The smallest absolute Gasteiger partial charge is 0.238 e. The second-order valence-corrected chi connectivity index (χ2v) is 3.06. The third kappa shape index (κ3) is 2.12. The molecule has 5 heteroatoms. The molecule has 0 aromatic carbocycles. The van der Waals surface area contributed by atoms with Crippen LogP contribution in [-0.2, 0) is 11.2 Å². The molecular formula is C10H10N2O3. The number of ketones is 1. The van der Waals surface area contributed by atoms with Crippen LogP contribution in [0.5, 0.6) is 0 Å². The highest BCUT2D eigenvalue weighted by molar-refractivity contribution is 5.79. The lowest BCUT2D eigenvalue weighted by Crippen LogP contribution is -2.00. The van der Waals surface area contributed by atoms with Gasteiger partial charge in [-0.2, -0.15) is 4.98 Å². The van der Waals surface area contributed by atoms with Crippen LogP contribution >= 0.6 is 0 Å². The first-order valence-corrected chi connectivity index (χ1v) is 4.67. The third-order valence-corrected chi connectivity index (χ3v) is 1.95. The van der Waals surface area contributed by atoms with Crippen molar-refractivity contribution in [3.8, 4) is 11.6 Å². The zero-order valence-corrected chi connectivity index (χ0v) is 8.27. The normalized spacial score (nSPS) is 10.5. The molecule has 78 valence electrons. The SMILES string of the molecule is CCC(=O)Cc1nc(-c2ccco2)no1. The Bertz CT molecular complexity index is 445. The average molecular weight is 206 g/mol. The summed E-state index contributed by atoms with van der Waals surface area (Å²) in [6, 6.07) is 3.47. The van der Waals surface area contributed by atoms with Gasteiger partial charge in [-0.1, -0.05) is 12.1 Å². The van der Waals surface area contributed by atoms with Gasteiger partial charge in [-0.3, -0.25) is 4.79 Å². The number of nitrogens with zero attached hydrogens (tertiary/aromatic N) is 2. The highest BCUT2D eigenvalue weighted by atomic mass is 16.5. The number of carbonyl (C=O) groups is 1. The van der Waals surface area contributed by atoms with Gasteiger partial charge >= 0.3 is 0 Å². The number of rotatable bonds is 4. The van der Waals surface area contributed by atoms with Crippen molar-refractivity contribution in [2.75, 3.05) is 0 Å². The minimum Gasteiger partial charge on any atom is -0.461 e. The van der Waals surface area contributed by atoms with Gasteiger partial charge in [0.25, 0.3) is 0 Å². The summed E-state index contributed by atoms with van der Waals surface area (Å²) < 4.78 is 10.0. The molecule has 2 aromatic heterocycles. The minimum absolute atomic E-state index is 0.0737. The molecule has 0 atom stereocenters. The van der Waals surface area contributed by atoms with E-state index in [9.17, 15) is 4.79 Å². The lowest BCUT2D eigenvalue weighted by atomic mass is 10.2. The molecule has 0 aliphatic carbocycles. The van der Waals surface area contributed by atoms with E-state index >= 15 is 0 Å². The highest BCUT2D eigenvalue weighted by Crippen LogP contribution is 2.15. The molecule has 0 N–H and O–H groups in total. The van der Waals surface area contributed by atoms with E-state index in [0.29, 0.717) is 23.9 Å². The maximum absolute atomic E-state index is 11.1. The lowest BCUT2D eigenvalue weighted by Gasteiger charge is -1.88. The molecule has 0 aliphatic heterocycles. The number of carbonyl (C=O) groups excluding carboxylic acids is 1. The van der Waals surface area contributed by atoms with Crippen molar-refractivity contribution < 1.29 is 13.7 Å². The van der Waals surface area contributed by atoms with Crippen LogP contribution in [0, 0.1) is 0 Å². The molecule has 0 fully saturated rings. The van der Waals surface area contributed by atoms with Crippen LogP contribution in [-0.4, -0.2) is 15.9 Å². The molecule has 15 heavy (non-hydrogen) atoms. The summed E-state index contributed by atoms with van der Waals surface area (Å²) in [6.07, 6.45) is 2.19. The molecule has 0 radical (unpaired) electrons. The molecule has 0 saturated heterocycles. The van der Waals surface area contributed by atoms with E-state index < -0.39 is 0 Å². The molecule has 2 aromatic rings. The van der Waals surface area contributed by atoms with Gasteiger partial charge in [0.15, 0.2) is 5.76 Å². The van der Waals surface area contributed by atoms with Gasteiger partial charge in [-0.25, -0.2) is 0 Å². The Hall–Kier alpha value is -1.91. The van der Waals surface area contributed by atoms with E-state index in [0.717, 1.165) is 0 Å². The summed E-state index contributed by atoms with van der Waals surface area (Å²) in [5.41, 5.74) is 0. The van der Waals surface area contributed by atoms with Crippen molar-refractivity contribution >= 4 is 5.78 Å². The number of hydrogen-bond donors (Lipinski definition) is 0. The Balaban J connectivity index is 2.14.